The largest absolute Gasteiger partial charge is 0.444 e. The molecule has 29 heavy (non-hydrogen) atoms. The van der Waals surface area contributed by atoms with Gasteiger partial charge in [-0.05, 0) is 71.4 Å². The van der Waals surface area contributed by atoms with Crippen molar-refractivity contribution < 1.29 is 4.42 Å². The number of piperidine rings is 1. The second kappa shape index (κ2) is 12.1. The molecule has 0 amide bonds. The van der Waals surface area contributed by atoms with E-state index in [0.717, 1.165) is 61.9 Å². The number of rotatable bonds is 6. The zero-order valence-electron chi connectivity index (χ0n) is 18.7. The molecule has 1 aromatic heterocycles. The van der Waals surface area contributed by atoms with E-state index >= 15 is 0 Å². The van der Waals surface area contributed by atoms with Gasteiger partial charge in [-0.15, -0.1) is 24.0 Å². The molecule has 1 aliphatic heterocycles. The molecule has 1 saturated carbocycles. The highest BCUT2D eigenvalue weighted by Gasteiger charge is 2.22. The van der Waals surface area contributed by atoms with Crippen molar-refractivity contribution in [2.24, 2.45) is 16.8 Å². The molecule has 2 aliphatic rings. The lowest BCUT2D eigenvalue weighted by atomic mass is 9.87. The van der Waals surface area contributed by atoms with Crippen LogP contribution in [-0.4, -0.2) is 48.1 Å². The van der Waals surface area contributed by atoms with Gasteiger partial charge < -0.3 is 15.1 Å². The number of hydrogen-bond acceptors (Lipinski definition) is 4. The Labute approximate surface area is 193 Å². The Morgan fingerprint density at radius 1 is 1.21 bits per heavy atom. The van der Waals surface area contributed by atoms with Crippen molar-refractivity contribution in [3.63, 3.8) is 0 Å². The topological polar surface area (TPSA) is 65.7 Å². The number of likely N-dealkylation sites (tertiary alicyclic amines) is 1. The number of guanidine groups is 1. The summed E-state index contributed by atoms with van der Waals surface area (Å²) in [5.74, 6) is 4.30. The van der Waals surface area contributed by atoms with E-state index in [2.05, 4.69) is 34.4 Å². The summed E-state index contributed by atoms with van der Waals surface area (Å²) in [4.78, 5) is 11.9. The third kappa shape index (κ3) is 7.74. The first kappa shape index (κ1) is 24.4. The van der Waals surface area contributed by atoms with Crippen molar-refractivity contribution in [2.75, 3.05) is 26.2 Å². The minimum atomic E-state index is 0. The molecule has 2 fully saturated rings. The van der Waals surface area contributed by atoms with Gasteiger partial charge >= 0.3 is 0 Å². The van der Waals surface area contributed by atoms with Crippen LogP contribution in [0.1, 0.15) is 69.7 Å². The standard InChI is InChI=1S/C22H39N5O.HI/c1-5-23-22(26-20-8-6-7-16(2)13-20)24-14-19-9-11-27(12-10-19)15-21-25-17(3)18(4)28-21;/h16,19-20H,5-15H2,1-4H3,(H2,23,24,26);1H. The first-order valence-electron chi connectivity index (χ1n) is 11.2. The van der Waals surface area contributed by atoms with Crippen molar-refractivity contribution in [1.82, 2.24) is 20.5 Å². The molecule has 1 aromatic rings. The van der Waals surface area contributed by atoms with Crippen molar-refractivity contribution in [3.05, 3.63) is 17.3 Å². The predicted molar refractivity (Wildman–Crippen MR) is 130 cm³/mol. The minimum absolute atomic E-state index is 0. The van der Waals surface area contributed by atoms with Gasteiger partial charge in [-0.25, -0.2) is 4.98 Å². The summed E-state index contributed by atoms with van der Waals surface area (Å²) in [6.07, 6.45) is 7.64. The summed E-state index contributed by atoms with van der Waals surface area (Å²) in [5.41, 5.74) is 1.01. The lowest BCUT2D eigenvalue weighted by molar-refractivity contribution is 0.166. The molecule has 2 unspecified atom stereocenters. The summed E-state index contributed by atoms with van der Waals surface area (Å²) in [6, 6.07) is 0.580. The summed E-state index contributed by atoms with van der Waals surface area (Å²) >= 11 is 0. The Balaban J connectivity index is 0.00000300. The van der Waals surface area contributed by atoms with E-state index < -0.39 is 0 Å². The van der Waals surface area contributed by atoms with Gasteiger partial charge in [0.2, 0.25) is 5.89 Å². The van der Waals surface area contributed by atoms with Crippen LogP contribution < -0.4 is 10.6 Å². The van der Waals surface area contributed by atoms with Crippen molar-refractivity contribution in [3.8, 4) is 0 Å². The second-order valence-electron chi connectivity index (χ2n) is 8.80. The quantitative estimate of drug-likeness (QED) is 0.336. The smallest absolute Gasteiger partial charge is 0.208 e. The maximum atomic E-state index is 5.74. The first-order chi connectivity index (χ1) is 13.5. The Bertz CT molecular complexity index is 620. The maximum absolute atomic E-state index is 5.74. The molecular formula is C22H40IN5O. The van der Waals surface area contributed by atoms with Gasteiger partial charge in [-0.3, -0.25) is 9.89 Å². The van der Waals surface area contributed by atoms with Crippen LogP contribution >= 0.6 is 24.0 Å². The lowest BCUT2D eigenvalue weighted by Gasteiger charge is -2.31. The number of hydrogen-bond donors (Lipinski definition) is 2. The summed E-state index contributed by atoms with van der Waals surface area (Å²) in [7, 11) is 0. The highest BCUT2D eigenvalue weighted by molar-refractivity contribution is 14.0. The van der Waals surface area contributed by atoms with Gasteiger partial charge in [0, 0.05) is 19.1 Å². The molecule has 6 nitrogen and oxygen atoms in total. The number of nitrogens with zero attached hydrogens (tertiary/aromatic N) is 3. The van der Waals surface area contributed by atoms with Crippen molar-refractivity contribution in [1.29, 1.82) is 0 Å². The molecule has 0 aromatic carbocycles. The SMILES string of the molecule is CCNC(=NCC1CCN(Cc2nc(C)c(C)o2)CC1)NC1CCCC(C)C1.I. The Morgan fingerprint density at radius 3 is 2.59 bits per heavy atom. The van der Waals surface area contributed by atoms with Crippen LogP contribution in [0.15, 0.2) is 9.41 Å². The van der Waals surface area contributed by atoms with Crippen LogP contribution in [0.5, 0.6) is 0 Å². The number of aliphatic imine (C=N–C) groups is 1. The molecule has 1 saturated heterocycles. The fourth-order valence-corrected chi connectivity index (χ4v) is 4.42. The molecule has 7 heteroatoms. The van der Waals surface area contributed by atoms with Crippen LogP contribution in [0.2, 0.25) is 0 Å². The van der Waals surface area contributed by atoms with E-state index in [9.17, 15) is 0 Å². The minimum Gasteiger partial charge on any atom is -0.444 e. The average molecular weight is 518 g/mol. The third-order valence-electron chi connectivity index (χ3n) is 6.27. The van der Waals surface area contributed by atoms with E-state index in [1.54, 1.807) is 0 Å². The monoisotopic (exact) mass is 517 g/mol. The Morgan fingerprint density at radius 2 is 1.97 bits per heavy atom. The number of aromatic nitrogens is 1. The van der Waals surface area contributed by atoms with E-state index in [4.69, 9.17) is 9.41 Å². The highest BCUT2D eigenvalue weighted by Crippen LogP contribution is 2.23. The Kier molecular flexibility index (Phi) is 10.2. The normalized spacial score (nSPS) is 24.2. The van der Waals surface area contributed by atoms with Gasteiger partial charge in [0.15, 0.2) is 5.96 Å². The number of aryl methyl sites for hydroxylation is 2. The van der Waals surface area contributed by atoms with Crippen molar-refractivity contribution in [2.45, 2.75) is 78.8 Å². The van der Waals surface area contributed by atoms with Crippen molar-refractivity contribution >= 4 is 29.9 Å². The second-order valence-corrected chi connectivity index (χ2v) is 8.80. The highest BCUT2D eigenvalue weighted by atomic mass is 127. The molecule has 2 atom stereocenters. The van der Waals surface area contributed by atoms with Crippen LogP contribution in [0, 0.1) is 25.7 Å². The molecule has 166 valence electrons. The van der Waals surface area contributed by atoms with Gasteiger partial charge in [0.1, 0.15) is 5.76 Å². The summed E-state index contributed by atoms with van der Waals surface area (Å²) in [5, 5.41) is 7.12. The molecule has 2 heterocycles. The van der Waals surface area contributed by atoms with Crippen LogP contribution in [0.3, 0.4) is 0 Å². The Hall–Kier alpha value is -0.830. The fraction of sp³-hybridized carbons (Fsp3) is 0.818. The summed E-state index contributed by atoms with van der Waals surface area (Å²) in [6.45, 7) is 13.4. The van der Waals surface area contributed by atoms with Crippen LogP contribution in [0.25, 0.3) is 0 Å². The van der Waals surface area contributed by atoms with E-state index in [1.165, 1.54) is 38.5 Å². The van der Waals surface area contributed by atoms with Gasteiger partial charge in [-0.2, -0.15) is 0 Å². The van der Waals surface area contributed by atoms with Crippen LogP contribution in [0.4, 0.5) is 0 Å². The predicted octanol–water partition coefficient (Wildman–Crippen LogP) is 4.26. The average Bonchev–Trinajstić information content (AvgIpc) is 2.98. The van der Waals surface area contributed by atoms with E-state index in [0.29, 0.717) is 12.0 Å². The molecule has 0 radical (unpaired) electrons. The molecule has 1 aliphatic carbocycles. The molecule has 0 bridgehead atoms. The first-order valence-corrected chi connectivity index (χ1v) is 11.2. The van der Waals surface area contributed by atoms with Gasteiger partial charge in [0.25, 0.3) is 0 Å². The van der Waals surface area contributed by atoms with Crippen LogP contribution in [-0.2, 0) is 6.54 Å². The number of oxazole rings is 1. The molecule has 0 spiro atoms. The number of halogens is 1. The maximum Gasteiger partial charge on any atom is 0.208 e. The summed E-state index contributed by atoms with van der Waals surface area (Å²) < 4.78 is 5.74. The van der Waals surface area contributed by atoms with E-state index in [-0.39, 0.29) is 24.0 Å². The molecule has 3 rings (SSSR count). The van der Waals surface area contributed by atoms with Gasteiger partial charge in [-0.1, -0.05) is 19.8 Å². The molecule has 2 N–H and O–H groups in total. The van der Waals surface area contributed by atoms with E-state index in [1.807, 2.05) is 13.8 Å². The zero-order valence-corrected chi connectivity index (χ0v) is 21.0. The van der Waals surface area contributed by atoms with Gasteiger partial charge in [0.05, 0.1) is 12.2 Å². The zero-order chi connectivity index (χ0) is 19.9. The lowest BCUT2D eigenvalue weighted by Crippen LogP contribution is -2.45. The molecular weight excluding hydrogens is 477 g/mol. The third-order valence-corrected chi connectivity index (χ3v) is 6.27. The fourth-order valence-electron chi connectivity index (χ4n) is 4.42. The number of nitrogens with one attached hydrogen (secondary N) is 2.